The lowest BCUT2D eigenvalue weighted by atomic mass is 9.83. The molecule has 0 saturated carbocycles. The van der Waals surface area contributed by atoms with E-state index in [4.69, 9.17) is 24.9 Å². The molecule has 5 rings (SSSR count). The van der Waals surface area contributed by atoms with Crippen molar-refractivity contribution >= 4 is 17.6 Å². The summed E-state index contributed by atoms with van der Waals surface area (Å²) < 4.78 is 17.2. The Balaban J connectivity index is 1.44. The van der Waals surface area contributed by atoms with E-state index in [2.05, 4.69) is 11.1 Å². The molecule has 0 radical (unpaired) electrons. The van der Waals surface area contributed by atoms with E-state index >= 15 is 0 Å². The summed E-state index contributed by atoms with van der Waals surface area (Å²) in [6.45, 7) is 5.43. The number of nitrogens with zero attached hydrogens (tertiary/aromatic N) is 3. The second-order valence-corrected chi connectivity index (χ2v) is 9.11. The molecule has 3 aliphatic heterocycles. The summed E-state index contributed by atoms with van der Waals surface area (Å²) >= 11 is 0. The number of rotatable bonds is 5. The van der Waals surface area contributed by atoms with Gasteiger partial charge >= 0.3 is 0 Å². The monoisotopic (exact) mass is 476 g/mol. The summed E-state index contributed by atoms with van der Waals surface area (Å²) in [5.74, 6) is 1.55. The Morgan fingerprint density at radius 1 is 1.14 bits per heavy atom. The number of guanidine groups is 1. The fraction of sp³-hybridized carbons (Fsp3) is 0.444. The van der Waals surface area contributed by atoms with Gasteiger partial charge in [0, 0.05) is 35.7 Å². The van der Waals surface area contributed by atoms with Crippen LogP contribution in [-0.4, -0.2) is 68.5 Å². The molecule has 1 amide bonds. The highest BCUT2D eigenvalue weighted by molar-refractivity contribution is 6.15. The Labute approximate surface area is 205 Å². The quantitative estimate of drug-likeness (QED) is 0.525. The van der Waals surface area contributed by atoms with Crippen molar-refractivity contribution in [3.63, 3.8) is 0 Å². The van der Waals surface area contributed by atoms with Gasteiger partial charge in [0.15, 0.2) is 17.5 Å². The van der Waals surface area contributed by atoms with Crippen LogP contribution in [0, 0.1) is 0 Å². The standard InChI is InChI=1S/C27H32N4O4/c1-3-35-24-13-19-20(14-23(24)33-2)25(29-22-16-34-15-21(19)22)17-7-9-18(10-8-17)26(32)30-27(28)31-11-5-4-6-12-31/h7-10,13-14,21-22H,3-6,11-12,15-16H2,1-2H3,(H2,28,30,32)/t21-,22-/m1/s1. The van der Waals surface area contributed by atoms with Crippen molar-refractivity contribution in [2.24, 2.45) is 15.7 Å². The van der Waals surface area contributed by atoms with Crippen molar-refractivity contribution in [2.75, 3.05) is 40.0 Å². The van der Waals surface area contributed by atoms with E-state index in [-0.39, 0.29) is 17.9 Å². The number of likely N-dealkylation sites (tertiary alicyclic amines) is 1. The predicted molar refractivity (Wildman–Crippen MR) is 135 cm³/mol. The van der Waals surface area contributed by atoms with E-state index in [1.807, 2.05) is 30.0 Å². The predicted octanol–water partition coefficient (Wildman–Crippen LogP) is 3.37. The minimum atomic E-state index is -0.335. The SMILES string of the molecule is CCOc1cc2c(cc1OC)C(c1ccc(C(=O)N=C(N)N3CCCCC3)cc1)=N[C@@H]1COC[C@H]21. The van der Waals surface area contributed by atoms with Crippen LogP contribution in [0.25, 0.3) is 0 Å². The first-order valence-corrected chi connectivity index (χ1v) is 12.3. The van der Waals surface area contributed by atoms with E-state index in [1.54, 1.807) is 19.2 Å². The number of fused-ring (bicyclic) bond motifs is 3. The summed E-state index contributed by atoms with van der Waals surface area (Å²) in [5, 5.41) is 0. The van der Waals surface area contributed by atoms with Crippen molar-refractivity contribution in [1.82, 2.24) is 4.90 Å². The van der Waals surface area contributed by atoms with Crippen molar-refractivity contribution < 1.29 is 19.0 Å². The van der Waals surface area contributed by atoms with Crippen LogP contribution >= 0.6 is 0 Å². The molecule has 2 saturated heterocycles. The zero-order valence-electron chi connectivity index (χ0n) is 20.3. The summed E-state index contributed by atoms with van der Waals surface area (Å²) in [6.07, 6.45) is 3.34. The van der Waals surface area contributed by atoms with Gasteiger partial charge in [-0.05, 0) is 56.0 Å². The maximum atomic E-state index is 12.7. The molecule has 0 aromatic heterocycles. The van der Waals surface area contributed by atoms with Crippen molar-refractivity contribution in [3.8, 4) is 11.5 Å². The van der Waals surface area contributed by atoms with Gasteiger partial charge in [0.1, 0.15) is 0 Å². The molecule has 2 fully saturated rings. The molecule has 0 spiro atoms. The highest BCUT2D eigenvalue weighted by Crippen LogP contribution is 2.41. The highest BCUT2D eigenvalue weighted by Gasteiger charge is 2.37. The largest absolute Gasteiger partial charge is 0.493 e. The Kier molecular flexibility index (Phi) is 6.72. The molecule has 184 valence electrons. The molecule has 3 aliphatic rings. The minimum Gasteiger partial charge on any atom is -0.493 e. The fourth-order valence-corrected chi connectivity index (χ4v) is 5.08. The van der Waals surface area contributed by atoms with Gasteiger partial charge in [-0.1, -0.05) is 12.1 Å². The summed E-state index contributed by atoms with van der Waals surface area (Å²) in [7, 11) is 1.64. The first-order chi connectivity index (χ1) is 17.1. The molecule has 8 nitrogen and oxygen atoms in total. The number of aliphatic imine (C=N–C) groups is 2. The summed E-state index contributed by atoms with van der Waals surface area (Å²) in [5.41, 5.74) is 10.5. The summed E-state index contributed by atoms with van der Waals surface area (Å²) in [6, 6.07) is 11.5. The number of methoxy groups -OCH3 is 1. The number of carbonyl (C=O) groups excluding carboxylic acids is 1. The molecule has 2 aromatic rings. The van der Waals surface area contributed by atoms with Crippen LogP contribution in [0.5, 0.6) is 11.5 Å². The second-order valence-electron chi connectivity index (χ2n) is 9.11. The normalized spacial score (nSPS) is 21.7. The third-order valence-corrected chi connectivity index (χ3v) is 6.94. The summed E-state index contributed by atoms with van der Waals surface area (Å²) in [4.78, 5) is 23.9. The third kappa shape index (κ3) is 4.62. The van der Waals surface area contributed by atoms with Crippen LogP contribution in [0.4, 0.5) is 0 Å². The molecular formula is C27H32N4O4. The van der Waals surface area contributed by atoms with Gasteiger partial charge in [0.05, 0.1) is 38.7 Å². The molecule has 2 atom stereocenters. The Bertz CT molecular complexity index is 1150. The smallest absolute Gasteiger partial charge is 0.280 e. The van der Waals surface area contributed by atoms with Gasteiger partial charge in [-0.25, -0.2) is 0 Å². The number of carbonyl (C=O) groups is 1. The van der Waals surface area contributed by atoms with Crippen LogP contribution in [-0.2, 0) is 4.74 Å². The fourth-order valence-electron chi connectivity index (χ4n) is 5.08. The number of benzene rings is 2. The first kappa shape index (κ1) is 23.4. The highest BCUT2D eigenvalue weighted by atomic mass is 16.5. The Morgan fingerprint density at radius 2 is 1.91 bits per heavy atom. The molecule has 8 heteroatoms. The molecule has 0 bridgehead atoms. The zero-order valence-corrected chi connectivity index (χ0v) is 20.3. The topological polar surface area (TPSA) is 98.7 Å². The average molecular weight is 477 g/mol. The van der Waals surface area contributed by atoms with Crippen LogP contribution in [0.2, 0.25) is 0 Å². The lowest BCUT2D eigenvalue weighted by Crippen LogP contribution is -2.41. The van der Waals surface area contributed by atoms with Gasteiger partial charge in [-0.15, -0.1) is 0 Å². The number of hydrogen-bond acceptors (Lipinski definition) is 5. The molecular weight excluding hydrogens is 444 g/mol. The molecule has 0 unspecified atom stereocenters. The van der Waals surface area contributed by atoms with E-state index in [0.29, 0.717) is 37.1 Å². The van der Waals surface area contributed by atoms with Gasteiger partial charge in [-0.3, -0.25) is 9.79 Å². The van der Waals surface area contributed by atoms with E-state index < -0.39 is 0 Å². The number of hydrogen-bond donors (Lipinski definition) is 1. The van der Waals surface area contributed by atoms with Gasteiger partial charge < -0.3 is 24.8 Å². The van der Waals surface area contributed by atoms with Crippen molar-refractivity contribution in [3.05, 3.63) is 58.7 Å². The minimum absolute atomic E-state index is 0.0515. The zero-order chi connectivity index (χ0) is 24.4. The number of ether oxygens (including phenoxy) is 3. The second kappa shape index (κ2) is 10.1. The van der Waals surface area contributed by atoms with Crippen molar-refractivity contribution in [1.29, 1.82) is 0 Å². The van der Waals surface area contributed by atoms with Gasteiger partial charge in [0.2, 0.25) is 0 Å². The van der Waals surface area contributed by atoms with E-state index in [0.717, 1.165) is 54.1 Å². The number of nitrogens with two attached hydrogens (primary N) is 1. The van der Waals surface area contributed by atoms with E-state index in [1.165, 1.54) is 6.42 Å². The van der Waals surface area contributed by atoms with Crippen molar-refractivity contribution in [2.45, 2.75) is 38.1 Å². The number of piperidine rings is 1. The van der Waals surface area contributed by atoms with Crippen LogP contribution < -0.4 is 15.2 Å². The van der Waals surface area contributed by atoms with Crippen LogP contribution in [0.1, 0.15) is 59.2 Å². The van der Waals surface area contributed by atoms with Crippen LogP contribution in [0.15, 0.2) is 46.4 Å². The molecule has 2 aromatic carbocycles. The van der Waals surface area contributed by atoms with Gasteiger partial charge in [0.25, 0.3) is 5.91 Å². The average Bonchev–Trinajstić information content (AvgIpc) is 3.37. The maximum absolute atomic E-state index is 12.7. The lowest BCUT2D eigenvalue weighted by Gasteiger charge is -2.27. The number of amides is 1. The lowest BCUT2D eigenvalue weighted by molar-refractivity contribution is 0.100. The van der Waals surface area contributed by atoms with Crippen LogP contribution in [0.3, 0.4) is 0 Å². The molecule has 3 heterocycles. The third-order valence-electron chi connectivity index (χ3n) is 6.94. The van der Waals surface area contributed by atoms with Gasteiger partial charge in [-0.2, -0.15) is 4.99 Å². The van der Waals surface area contributed by atoms with E-state index in [9.17, 15) is 4.79 Å². The first-order valence-electron chi connectivity index (χ1n) is 12.3. The molecule has 0 aliphatic carbocycles. The maximum Gasteiger partial charge on any atom is 0.280 e. The Hall–Kier alpha value is -3.39. The Morgan fingerprint density at radius 3 is 2.63 bits per heavy atom. The molecule has 2 N–H and O–H groups in total. The molecule has 35 heavy (non-hydrogen) atoms.